The summed E-state index contributed by atoms with van der Waals surface area (Å²) in [5.74, 6) is 0.241. The van der Waals surface area contributed by atoms with Crippen LogP contribution in [0.5, 0.6) is 5.75 Å². The van der Waals surface area contributed by atoms with Crippen LogP contribution in [0, 0.1) is 0 Å². The van der Waals surface area contributed by atoms with E-state index in [1.54, 1.807) is 32.2 Å². The van der Waals surface area contributed by atoms with Gasteiger partial charge in [0.25, 0.3) is 5.91 Å². The Morgan fingerprint density at radius 2 is 1.93 bits per heavy atom. The van der Waals surface area contributed by atoms with E-state index in [0.717, 1.165) is 16.5 Å². The summed E-state index contributed by atoms with van der Waals surface area (Å²) in [5, 5.41) is 3.73. The number of hydrogen-bond donors (Lipinski definition) is 1. The molecule has 30 heavy (non-hydrogen) atoms. The average Bonchev–Trinajstić information content (AvgIpc) is 3.20. The molecule has 0 saturated heterocycles. The van der Waals surface area contributed by atoms with Gasteiger partial charge in [0.05, 0.1) is 25.3 Å². The number of furan rings is 1. The number of fused-ring (bicyclic) bond motifs is 1. The van der Waals surface area contributed by atoms with Gasteiger partial charge in [0.15, 0.2) is 6.61 Å². The Labute approximate surface area is 174 Å². The fourth-order valence-electron chi connectivity index (χ4n) is 3.01. The monoisotopic (exact) mass is 411 g/mol. The molecular formula is C23H25NO6. The third kappa shape index (κ3) is 5.18. The van der Waals surface area contributed by atoms with Crippen molar-refractivity contribution in [3.8, 4) is 5.75 Å². The molecule has 0 spiro atoms. The Hall–Kier alpha value is -3.32. The highest BCUT2D eigenvalue weighted by Gasteiger charge is 2.17. The van der Waals surface area contributed by atoms with Crippen LogP contribution in [0.3, 0.4) is 0 Å². The summed E-state index contributed by atoms with van der Waals surface area (Å²) in [4.78, 5) is 24.6. The minimum Gasteiger partial charge on any atom is -0.496 e. The van der Waals surface area contributed by atoms with Gasteiger partial charge in [-0.3, -0.25) is 4.79 Å². The highest BCUT2D eigenvalue weighted by molar-refractivity contribution is 5.91. The fourth-order valence-corrected chi connectivity index (χ4v) is 3.01. The van der Waals surface area contributed by atoms with Crippen molar-refractivity contribution in [2.45, 2.75) is 26.5 Å². The van der Waals surface area contributed by atoms with Crippen molar-refractivity contribution < 1.29 is 28.2 Å². The van der Waals surface area contributed by atoms with Crippen LogP contribution >= 0.6 is 0 Å². The average molecular weight is 411 g/mol. The second-order valence-electron chi connectivity index (χ2n) is 6.72. The Balaban J connectivity index is 1.56. The molecule has 7 heteroatoms. The molecule has 1 amide bonds. The molecule has 1 N–H and O–H groups in total. The molecular weight excluding hydrogens is 386 g/mol. The van der Waals surface area contributed by atoms with Crippen molar-refractivity contribution >= 4 is 22.8 Å². The van der Waals surface area contributed by atoms with Crippen LogP contribution in [0.15, 0.2) is 52.9 Å². The number of rotatable bonds is 9. The minimum absolute atomic E-state index is 0.316. The molecule has 1 atom stereocenters. The lowest BCUT2D eigenvalue weighted by atomic mass is 10.1. The summed E-state index contributed by atoms with van der Waals surface area (Å²) in [7, 11) is 1.55. The highest BCUT2D eigenvalue weighted by atomic mass is 16.5. The fraction of sp³-hybridized carbons (Fsp3) is 0.304. The number of esters is 1. The Bertz CT molecular complexity index is 992. The Morgan fingerprint density at radius 3 is 2.67 bits per heavy atom. The van der Waals surface area contributed by atoms with Crippen molar-refractivity contribution in [1.82, 2.24) is 5.32 Å². The van der Waals surface area contributed by atoms with Gasteiger partial charge in [0.1, 0.15) is 17.1 Å². The summed E-state index contributed by atoms with van der Waals surface area (Å²) in [6.07, 6.45) is 0. The summed E-state index contributed by atoms with van der Waals surface area (Å²) < 4.78 is 21.6. The van der Waals surface area contributed by atoms with Crippen molar-refractivity contribution in [2.24, 2.45) is 0 Å². The third-order valence-electron chi connectivity index (χ3n) is 4.56. The molecule has 0 fully saturated rings. The van der Waals surface area contributed by atoms with Gasteiger partial charge < -0.3 is 23.9 Å². The van der Waals surface area contributed by atoms with Gasteiger partial charge in [-0.1, -0.05) is 18.2 Å². The van der Waals surface area contributed by atoms with E-state index < -0.39 is 18.5 Å². The third-order valence-corrected chi connectivity index (χ3v) is 4.56. The smallest absolute Gasteiger partial charge is 0.338 e. The van der Waals surface area contributed by atoms with E-state index in [4.69, 9.17) is 18.6 Å². The normalized spacial score (nSPS) is 11.8. The first-order chi connectivity index (χ1) is 14.5. The van der Waals surface area contributed by atoms with Crippen molar-refractivity contribution in [3.63, 3.8) is 0 Å². The zero-order valence-electron chi connectivity index (χ0n) is 17.3. The van der Waals surface area contributed by atoms with E-state index >= 15 is 0 Å². The highest BCUT2D eigenvalue weighted by Crippen LogP contribution is 2.24. The molecule has 0 radical (unpaired) electrons. The topological polar surface area (TPSA) is 87.0 Å². The number of ether oxygens (including phenoxy) is 3. The van der Waals surface area contributed by atoms with Crippen LogP contribution < -0.4 is 10.1 Å². The van der Waals surface area contributed by atoms with Gasteiger partial charge in [-0.05, 0) is 44.2 Å². The molecule has 0 aliphatic rings. The van der Waals surface area contributed by atoms with Gasteiger partial charge in [-0.15, -0.1) is 0 Å². The van der Waals surface area contributed by atoms with Crippen LogP contribution in [-0.4, -0.2) is 32.2 Å². The molecule has 0 saturated carbocycles. The second kappa shape index (κ2) is 9.93. The maximum Gasteiger partial charge on any atom is 0.338 e. The largest absolute Gasteiger partial charge is 0.496 e. The lowest BCUT2D eigenvalue weighted by Gasteiger charge is -2.13. The van der Waals surface area contributed by atoms with E-state index in [0.29, 0.717) is 30.3 Å². The predicted molar refractivity (Wildman–Crippen MR) is 111 cm³/mol. The number of para-hydroxylation sites is 1. The summed E-state index contributed by atoms with van der Waals surface area (Å²) >= 11 is 0. The van der Waals surface area contributed by atoms with E-state index in [1.807, 2.05) is 37.3 Å². The quantitative estimate of drug-likeness (QED) is 0.536. The summed E-state index contributed by atoms with van der Waals surface area (Å²) in [6, 6.07) is 14.0. The lowest BCUT2D eigenvalue weighted by molar-refractivity contribution is -0.125. The first kappa shape index (κ1) is 21.4. The molecule has 0 bridgehead atoms. The van der Waals surface area contributed by atoms with Gasteiger partial charge in [-0.25, -0.2) is 4.79 Å². The SMILES string of the molecule is CCOCc1cc(C(=O)OCC(=O)N[C@@H](C)c2cc3ccccc3o2)ccc1OC. The number of carbonyl (C=O) groups excluding carboxylic acids is 2. The van der Waals surface area contributed by atoms with Crippen LogP contribution in [0.1, 0.15) is 41.6 Å². The molecule has 0 aliphatic carbocycles. The summed E-state index contributed by atoms with van der Waals surface area (Å²) in [6.45, 7) is 4.16. The first-order valence-electron chi connectivity index (χ1n) is 9.71. The summed E-state index contributed by atoms with van der Waals surface area (Å²) in [5.41, 5.74) is 1.81. The van der Waals surface area contributed by atoms with Crippen molar-refractivity contribution in [1.29, 1.82) is 0 Å². The molecule has 3 aromatic rings. The van der Waals surface area contributed by atoms with Gasteiger partial charge >= 0.3 is 5.97 Å². The second-order valence-corrected chi connectivity index (χ2v) is 6.72. The van der Waals surface area contributed by atoms with Crippen molar-refractivity contribution in [2.75, 3.05) is 20.3 Å². The predicted octanol–water partition coefficient (Wildman–Crippen LogP) is 4.01. The van der Waals surface area contributed by atoms with Gasteiger partial charge in [0, 0.05) is 17.6 Å². The number of benzene rings is 2. The minimum atomic E-state index is -0.595. The molecule has 0 aliphatic heterocycles. The number of hydrogen-bond acceptors (Lipinski definition) is 6. The maximum atomic E-state index is 12.3. The molecule has 3 rings (SSSR count). The number of amides is 1. The first-order valence-corrected chi connectivity index (χ1v) is 9.71. The van der Waals surface area contributed by atoms with Crippen LogP contribution in [0.25, 0.3) is 11.0 Å². The number of methoxy groups -OCH3 is 1. The molecule has 2 aromatic carbocycles. The Kier molecular flexibility index (Phi) is 7.08. The van der Waals surface area contributed by atoms with Gasteiger partial charge in [0.2, 0.25) is 0 Å². The van der Waals surface area contributed by atoms with E-state index in [2.05, 4.69) is 5.32 Å². The standard InChI is InChI=1S/C23H25NO6/c1-4-28-13-18-11-17(9-10-19(18)27-3)23(26)29-14-22(25)24-15(2)21-12-16-7-5-6-8-20(16)30-21/h5-12,15H,4,13-14H2,1-3H3,(H,24,25)/t15-/m0/s1. The maximum absolute atomic E-state index is 12.3. The Morgan fingerprint density at radius 1 is 1.13 bits per heavy atom. The van der Waals surface area contributed by atoms with E-state index in [1.165, 1.54) is 0 Å². The molecule has 0 unspecified atom stereocenters. The van der Waals surface area contributed by atoms with E-state index in [9.17, 15) is 9.59 Å². The van der Waals surface area contributed by atoms with Gasteiger partial charge in [-0.2, -0.15) is 0 Å². The molecule has 1 heterocycles. The van der Waals surface area contributed by atoms with Crippen molar-refractivity contribution in [3.05, 3.63) is 65.4 Å². The zero-order chi connectivity index (χ0) is 21.5. The number of nitrogens with one attached hydrogen (secondary N) is 1. The van der Waals surface area contributed by atoms with Crippen LogP contribution in [0.4, 0.5) is 0 Å². The molecule has 158 valence electrons. The molecule has 1 aromatic heterocycles. The lowest BCUT2D eigenvalue weighted by Crippen LogP contribution is -2.31. The van der Waals surface area contributed by atoms with Crippen LogP contribution in [0.2, 0.25) is 0 Å². The van der Waals surface area contributed by atoms with E-state index in [-0.39, 0.29) is 6.04 Å². The zero-order valence-corrected chi connectivity index (χ0v) is 17.3. The number of carbonyl (C=O) groups is 2. The van der Waals surface area contributed by atoms with Crippen LogP contribution in [-0.2, 0) is 20.9 Å². The molecule has 7 nitrogen and oxygen atoms in total.